The Balaban J connectivity index is 1.99. The van der Waals surface area contributed by atoms with Crippen LogP contribution in [0.3, 0.4) is 0 Å². The van der Waals surface area contributed by atoms with Crippen LogP contribution in [0.5, 0.6) is 0 Å². The average Bonchev–Trinajstić information content (AvgIpc) is 2.62. The molecular weight excluding hydrogens is 380 g/mol. The topological polar surface area (TPSA) is 101 Å². The predicted molar refractivity (Wildman–Crippen MR) is 92.7 cm³/mol. The van der Waals surface area contributed by atoms with Gasteiger partial charge in [0.15, 0.2) is 21.5 Å². The summed E-state index contributed by atoms with van der Waals surface area (Å²) in [6.07, 6.45) is -0.706. The van der Waals surface area contributed by atoms with E-state index in [9.17, 15) is 31.9 Å². The highest BCUT2D eigenvalue weighted by molar-refractivity contribution is 7.91. The van der Waals surface area contributed by atoms with Gasteiger partial charge in [0.05, 0.1) is 17.1 Å². The first kappa shape index (κ1) is 20.5. The molecule has 0 radical (unpaired) electrons. The molecule has 1 amide bonds. The van der Waals surface area contributed by atoms with E-state index in [-0.39, 0.29) is 23.3 Å². The molecule has 27 heavy (non-hydrogen) atoms. The smallest absolute Gasteiger partial charge is 0.326 e. The summed E-state index contributed by atoms with van der Waals surface area (Å²) in [5.74, 6) is -4.79. The maximum absolute atomic E-state index is 13.2. The molecule has 0 aliphatic carbocycles. The molecule has 2 N–H and O–H groups in total. The van der Waals surface area contributed by atoms with Crippen molar-refractivity contribution in [3.05, 3.63) is 65.7 Å². The van der Waals surface area contributed by atoms with E-state index in [1.807, 2.05) is 0 Å². The highest BCUT2D eigenvalue weighted by Gasteiger charge is 2.24. The second-order valence-electron chi connectivity index (χ2n) is 5.80. The highest BCUT2D eigenvalue weighted by atomic mass is 32.2. The fourth-order valence-corrected chi connectivity index (χ4v) is 3.71. The van der Waals surface area contributed by atoms with E-state index in [1.54, 1.807) is 18.2 Å². The Hall–Kier alpha value is -2.81. The van der Waals surface area contributed by atoms with Crippen LogP contribution in [0, 0.1) is 11.6 Å². The van der Waals surface area contributed by atoms with Crippen LogP contribution in [0.15, 0.2) is 53.4 Å². The van der Waals surface area contributed by atoms with Crippen molar-refractivity contribution in [2.45, 2.75) is 23.8 Å². The summed E-state index contributed by atoms with van der Waals surface area (Å²) in [7, 11) is -3.70. The molecule has 144 valence electrons. The molecule has 2 rings (SSSR count). The van der Waals surface area contributed by atoms with Crippen molar-refractivity contribution in [2.75, 3.05) is 5.75 Å². The molecule has 0 unspecified atom stereocenters. The van der Waals surface area contributed by atoms with Gasteiger partial charge in [0.1, 0.15) is 6.04 Å². The van der Waals surface area contributed by atoms with Gasteiger partial charge in [-0.1, -0.05) is 24.3 Å². The molecule has 0 heterocycles. The largest absolute Gasteiger partial charge is 0.480 e. The zero-order valence-corrected chi connectivity index (χ0v) is 14.9. The molecule has 2 aromatic rings. The van der Waals surface area contributed by atoms with Gasteiger partial charge in [0.25, 0.3) is 0 Å². The Morgan fingerprint density at radius 2 is 1.70 bits per heavy atom. The molecule has 0 aromatic heterocycles. The Morgan fingerprint density at radius 1 is 1.04 bits per heavy atom. The first-order valence-corrected chi connectivity index (χ1v) is 9.58. The lowest BCUT2D eigenvalue weighted by Gasteiger charge is -2.15. The van der Waals surface area contributed by atoms with Crippen LogP contribution in [-0.2, 0) is 25.8 Å². The third kappa shape index (κ3) is 5.85. The summed E-state index contributed by atoms with van der Waals surface area (Å²) in [6.45, 7) is 0. The molecule has 0 saturated heterocycles. The molecule has 0 aliphatic rings. The summed E-state index contributed by atoms with van der Waals surface area (Å²) in [6, 6.07) is 9.01. The van der Waals surface area contributed by atoms with Crippen molar-refractivity contribution in [3.8, 4) is 0 Å². The SMILES string of the molecule is O=C(Cc1ccc(F)c(F)c1)N[C@H](CCS(=O)(=O)c1ccccc1)C(=O)O. The number of aliphatic carboxylic acids is 1. The number of amides is 1. The summed E-state index contributed by atoms with van der Waals surface area (Å²) in [5, 5.41) is 11.4. The van der Waals surface area contributed by atoms with Crippen LogP contribution in [0.4, 0.5) is 8.78 Å². The van der Waals surface area contributed by atoms with Crippen LogP contribution in [-0.4, -0.2) is 37.2 Å². The van der Waals surface area contributed by atoms with Gasteiger partial charge in [0, 0.05) is 0 Å². The molecular formula is C18H17F2NO5S. The zero-order valence-electron chi connectivity index (χ0n) is 14.1. The highest BCUT2D eigenvalue weighted by Crippen LogP contribution is 2.13. The van der Waals surface area contributed by atoms with Crippen LogP contribution in [0.1, 0.15) is 12.0 Å². The van der Waals surface area contributed by atoms with Gasteiger partial charge in [-0.3, -0.25) is 4.79 Å². The summed E-state index contributed by atoms with van der Waals surface area (Å²) < 4.78 is 50.5. The fourth-order valence-electron chi connectivity index (χ4n) is 2.36. The first-order valence-electron chi connectivity index (χ1n) is 7.93. The number of nitrogens with one attached hydrogen (secondary N) is 1. The van der Waals surface area contributed by atoms with Gasteiger partial charge < -0.3 is 10.4 Å². The van der Waals surface area contributed by atoms with Crippen LogP contribution in [0.2, 0.25) is 0 Å². The fraction of sp³-hybridized carbons (Fsp3) is 0.222. The third-order valence-electron chi connectivity index (χ3n) is 3.76. The maximum Gasteiger partial charge on any atom is 0.326 e. The second kappa shape index (κ2) is 8.72. The lowest BCUT2D eigenvalue weighted by molar-refractivity contribution is -0.141. The molecule has 0 aliphatic heterocycles. The van der Waals surface area contributed by atoms with Crippen LogP contribution < -0.4 is 5.32 Å². The number of hydrogen-bond acceptors (Lipinski definition) is 4. The van der Waals surface area contributed by atoms with Gasteiger partial charge in [-0.25, -0.2) is 22.0 Å². The van der Waals surface area contributed by atoms with Crippen molar-refractivity contribution in [2.24, 2.45) is 0 Å². The Labute approximate surface area is 154 Å². The van der Waals surface area contributed by atoms with Crippen LogP contribution >= 0.6 is 0 Å². The third-order valence-corrected chi connectivity index (χ3v) is 5.52. The van der Waals surface area contributed by atoms with E-state index in [0.717, 1.165) is 12.1 Å². The Kier molecular flexibility index (Phi) is 6.62. The van der Waals surface area contributed by atoms with E-state index < -0.39 is 45.1 Å². The summed E-state index contributed by atoms with van der Waals surface area (Å²) in [4.78, 5) is 23.4. The molecule has 6 nitrogen and oxygen atoms in total. The van der Waals surface area contributed by atoms with E-state index in [0.29, 0.717) is 0 Å². The van der Waals surface area contributed by atoms with Gasteiger partial charge in [0.2, 0.25) is 5.91 Å². The Bertz CT molecular complexity index is 932. The minimum Gasteiger partial charge on any atom is -0.480 e. The van der Waals surface area contributed by atoms with E-state index >= 15 is 0 Å². The lowest BCUT2D eigenvalue weighted by atomic mass is 10.1. The monoisotopic (exact) mass is 397 g/mol. The standard InChI is InChI=1S/C18H17F2NO5S/c19-14-7-6-12(10-15(14)20)11-17(22)21-16(18(23)24)8-9-27(25,26)13-4-2-1-3-5-13/h1-7,10,16H,8-9,11H2,(H,21,22)(H,23,24)/t16-/m1/s1. The number of hydrogen-bond donors (Lipinski definition) is 2. The summed E-state index contributed by atoms with van der Waals surface area (Å²) in [5.41, 5.74) is 0.160. The number of carbonyl (C=O) groups is 2. The number of carboxylic acids is 1. The predicted octanol–water partition coefficient (Wildman–Crippen LogP) is 1.94. The quantitative estimate of drug-likeness (QED) is 0.709. The number of sulfone groups is 1. The Morgan fingerprint density at radius 3 is 2.30 bits per heavy atom. The van der Waals surface area contributed by atoms with Gasteiger partial charge in [-0.15, -0.1) is 0 Å². The minimum atomic E-state index is -3.70. The molecule has 1 atom stereocenters. The lowest BCUT2D eigenvalue weighted by Crippen LogP contribution is -2.42. The van der Waals surface area contributed by atoms with Gasteiger partial charge in [-0.05, 0) is 36.2 Å². The van der Waals surface area contributed by atoms with Crippen molar-refractivity contribution >= 4 is 21.7 Å². The number of rotatable bonds is 8. The zero-order chi connectivity index (χ0) is 20.0. The molecule has 2 aromatic carbocycles. The first-order chi connectivity index (χ1) is 12.7. The van der Waals surface area contributed by atoms with Crippen molar-refractivity contribution < 1.29 is 31.9 Å². The van der Waals surface area contributed by atoms with Crippen LogP contribution in [0.25, 0.3) is 0 Å². The van der Waals surface area contributed by atoms with Gasteiger partial charge >= 0.3 is 5.97 Å². The van der Waals surface area contributed by atoms with Gasteiger partial charge in [-0.2, -0.15) is 0 Å². The van der Waals surface area contributed by atoms with E-state index in [1.165, 1.54) is 18.2 Å². The molecule has 0 bridgehead atoms. The molecule has 0 spiro atoms. The number of carbonyl (C=O) groups excluding carboxylic acids is 1. The molecule has 0 saturated carbocycles. The normalized spacial score (nSPS) is 12.4. The minimum absolute atomic E-state index is 0.0576. The van der Waals surface area contributed by atoms with Crippen molar-refractivity contribution in [3.63, 3.8) is 0 Å². The van der Waals surface area contributed by atoms with Crippen molar-refractivity contribution in [1.29, 1.82) is 0 Å². The number of carboxylic acid groups (broad SMARTS) is 1. The number of benzene rings is 2. The van der Waals surface area contributed by atoms with E-state index in [2.05, 4.69) is 5.32 Å². The maximum atomic E-state index is 13.2. The average molecular weight is 397 g/mol. The van der Waals surface area contributed by atoms with E-state index in [4.69, 9.17) is 0 Å². The molecule has 9 heteroatoms. The number of halogens is 2. The second-order valence-corrected chi connectivity index (χ2v) is 7.91. The van der Waals surface area contributed by atoms with Crippen molar-refractivity contribution in [1.82, 2.24) is 5.32 Å². The summed E-state index contributed by atoms with van der Waals surface area (Å²) >= 11 is 0. The molecule has 0 fully saturated rings.